The van der Waals surface area contributed by atoms with Crippen molar-refractivity contribution >= 4 is 21.4 Å². The summed E-state index contributed by atoms with van der Waals surface area (Å²) >= 11 is 0. The number of methoxy groups -OCH3 is 2. The second-order valence-corrected chi connectivity index (χ2v) is 8.87. The Morgan fingerprint density at radius 2 is 1.76 bits per heavy atom. The van der Waals surface area contributed by atoms with Crippen LogP contribution in [0.5, 0.6) is 17.2 Å². The van der Waals surface area contributed by atoms with Crippen molar-refractivity contribution in [1.29, 1.82) is 0 Å². The summed E-state index contributed by atoms with van der Waals surface area (Å²) in [5.74, 6) is 1.66. The lowest BCUT2D eigenvalue weighted by atomic mass is 10.0. The average Bonchev–Trinajstić information content (AvgIpc) is 2.72. The molecular weight excluding hydrogens is 394 g/mol. The van der Waals surface area contributed by atoms with Gasteiger partial charge in [-0.3, -0.25) is 4.79 Å². The highest BCUT2D eigenvalue weighted by Crippen LogP contribution is 2.30. The van der Waals surface area contributed by atoms with Crippen molar-refractivity contribution in [3.63, 3.8) is 0 Å². The Bertz CT molecular complexity index is 987. The van der Waals surface area contributed by atoms with Crippen molar-refractivity contribution in [1.82, 2.24) is 0 Å². The van der Waals surface area contributed by atoms with Gasteiger partial charge in [-0.05, 0) is 55.2 Å². The molecule has 0 bridgehead atoms. The van der Waals surface area contributed by atoms with Crippen molar-refractivity contribution in [3.05, 3.63) is 42.0 Å². The molecule has 0 radical (unpaired) electrons. The van der Waals surface area contributed by atoms with Gasteiger partial charge >= 0.3 is 0 Å². The van der Waals surface area contributed by atoms with Crippen molar-refractivity contribution < 1.29 is 27.4 Å². The smallest absolute Gasteiger partial charge is 0.224 e. The molecule has 2 aromatic carbocycles. The highest BCUT2D eigenvalue weighted by atomic mass is 32.2. The van der Waals surface area contributed by atoms with Gasteiger partial charge in [-0.15, -0.1) is 0 Å². The Hall–Kier alpha value is -2.74. The van der Waals surface area contributed by atoms with Gasteiger partial charge in [0.05, 0.1) is 31.5 Å². The van der Waals surface area contributed by atoms with Crippen LogP contribution in [-0.4, -0.2) is 40.9 Å². The van der Waals surface area contributed by atoms with E-state index in [1.807, 2.05) is 18.2 Å². The third-order valence-corrected chi connectivity index (χ3v) is 6.56. The molecule has 0 saturated heterocycles. The molecule has 0 spiro atoms. The zero-order valence-electron chi connectivity index (χ0n) is 16.6. The van der Waals surface area contributed by atoms with Gasteiger partial charge in [0.15, 0.2) is 21.3 Å². The van der Waals surface area contributed by atoms with Crippen LogP contribution in [0.15, 0.2) is 41.3 Å². The Kier molecular flexibility index (Phi) is 6.64. The number of unbranched alkanes of at least 4 members (excludes halogenated alkanes) is 1. The van der Waals surface area contributed by atoms with Gasteiger partial charge in [0.25, 0.3) is 0 Å². The molecule has 0 saturated carbocycles. The number of fused-ring (bicyclic) bond motifs is 1. The number of benzene rings is 2. The molecule has 2 aromatic rings. The van der Waals surface area contributed by atoms with Crippen molar-refractivity contribution in [3.8, 4) is 17.2 Å². The largest absolute Gasteiger partial charge is 0.494 e. The number of carbonyl (C=O) groups is 1. The van der Waals surface area contributed by atoms with Crippen LogP contribution in [0.25, 0.3) is 0 Å². The molecular formula is C21H25NO6S. The van der Waals surface area contributed by atoms with Crippen molar-refractivity contribution in [2.24, 2.45) is 0 Å². The fourth-order valence-corrected chi connectivity index (χ4v) is 4.54. The maximum absolute atomic E-state index is 12.5. The van der Waals surface area contributed by atoms with Crippen molar-refractivity contribution in [2.45, 2.75) is 30.6 Å². The highest BCUT2D eigenvalue weighted by Gasteiger charge is 2.17. The third-order valence-electron chi connectivity index (χ3n) is 4.76. The summed E-state index contributed by atoms with van der Waals surface area (Å²) in [4.78, 5) is 11.6. The molecule has 1 aliphatic rings. The van der Waals surface area contributed by atoms with E-state index in [0.717, 1.165) is 17.0 Å². The summed E-state index contributed by atoms with van der Waals surface area (Å²) in [7, 11) is -0.435. The monoisotopic (exact) mass is 419 g/mol. The van der Waals surface area contributed by atoms with Gasteiger partial charge < -0.3 is 19.5 Å². The van der Waals surface area contributed by atoms with E-state index >= 15 is 0 Å². The van der Waals surface area contributed by atoms with Crippen LogP contribution >= 0.6 is 0 Å². The molecule has 0 aromatic heterocycles. The standard InChI is InChI=1S/C21H25NO6S/c1-26-19-9-7-17(14-20(19)27-2)29(24,25)12-4-3-11-28-16-6-8-18-15(13-16)5-10-21(23)22-18/h6-9,13-14H,3-5,10-12H2,1-2H3,(H,22,23). The van der Waals surface area contributed by atoms with Gasteiger partial charge in [-0.1, -0.05) is 0 Å². The summed E-state index contributed by atoms with van der Waals surface area (Å²) < 4.78 is 41.2. The molecule has 0 unspecified atom stereocenters. The van der Waals surface area contributed by atoms with Crippen LogP contribution in [0.4, 0.5) is 5.69 Å². The fraction of sp³-hybridized carbons (Fsp3) is 0.381. The van der Waals surface area contributed by atoms with Crippen LogP contribution < -0.4 is 19.5 Å². The molecule has 8 heteroatoms. The van der Waals surface area contributed by atoms with E-state index in [9.17, 15) is 13.2 Å². The van der Waals surface area contributed by atoms with Gasteiger partial charge in [-0.2, -0.15) is 0 Å². The number of hydrogen-bond acceptors (Lipinski definition) is 6. The fourth-order valence-electron chi connectivity index (χ4n) is 3.16. The molecule has 29 heavy (non-hydrogen) atoms. The molecule has 7 nitrogen and oxygen atoms in total. The number of nitrogens with one attached hydrogen (secondary N) is 1. The first-order valence-corrected chi connectivity index (χ1v) is 11.1. The Balaban J connectivity index is 1.49. The summed E-state index contributed by atoms with van der Waals surface area (Å²) in [6, 6.07) is 10.2. The molecule has 1 heterocycles. The molecule has 0 aliphatic carbocycles. The van der Waals surface area contributed by atoms with E-state index in [0.29, 0.717) is 43.8 Å². The van der Waals surface area contributed by atoms with Crippen LogP contribution in [0, 0.1) is 0 Å². The second-order valence-electron chi connectivity index (χ2n) is 6.76. The molecule has 3 rings (SSSR count). The first-order valence-electron chi connectivity index (χ1n) is 9.43. The Labute approximate surface area is 170 Å². The molecule has 156 valence electrons. The zero-order valence-corrected chi connectivity index (χ0v) is 17.4. The number of rotatable bonds is 9. The predicted molar refractivity (Wildman–Crippen MR) is 110 cm³/mol. The number of aryl methyl sites for hydroxylation is 1. The summed E-state index contributed by atoms with van der Waals surface area (Å²) in [5.41, 5.74) is 1.88. The van der Waals surface area contributed by atoms with Gasteiger partial charge in [-0.25, -0.2) is 8.42 Å². The van der Waals surface area contributed by atoms with E-state index in [1.165, 1.54) is 26.4 Å². The van der Waals surface area contributed by atoms with E-state index in [1.54, 1.807) is 6.07 Å². The Morgan fingerprint density at radius 1 is 0.966 bits per heavy atom. The SMILES string of the molecule is COc1ccc(S(=O)(=O)CCCCOc2ccc3c(c2)CCC(=O)N3)cc1OC. The number of ether oxygens (including phenoxy) is 3. The van der Waals surface area contributed by atoms with E-state index in [-0.39, 0.29) is 16.6 Å². The lowest BCUT2D eigenvalue weighted by Crippen LogP contribution is -2.18. The summed E-state index contributed by atoms with van der Waals surface area (Å²) in [6.45, 7) is 0.423. The van der Waals surface area contributed by atoms with Crippen LogP contribution in [0.3, 0.4) is 0 Å². The average molecular weight is 419 g/mol. The normalized spacial score (nSPS) is 13.4. The molecule has 1 aliphatic heterocycles. The number of hydrogen-bond donors (Lipinski definition) is 1. The minimum atomic E-state index is -3.41. The Morgan fingerprint density at radius 3 is 2.52 bits per heavy atom. The van der Waals surface area contributed by atoms with Crippen LogP contribution in [0.2, 0.25) is 0 Å². The quantitative estimate of drug-likeness (QED) is 0.628. The molecule has 0 atom stereocenters. The number of sulfone groups is 1. The predicted octanol–water partition coefficient (Wildman–Crippen LogP) is 3.22. The lowest BCUT2D eigenvalue weighted by Gasteiger charge is -2.17. The topological polar surface area (TPSA) is 90.9 Å². The van der Waals surface area contributed by atoms with E-state index in [2.05, 4.69) is 5.32 Å². The first kappa shape index (κ1) is 21.0. The first-order chi connectivity index (χ1) is 13.9. The minimum absolute atomic E-state index is 0.0295. The maximum Gasteiger partial charge on any atom is 0.224 e. The minimum Gasteiger partial charge on any atom is -0.494 e. The van der Waals surface area contributed by atoms with Crippen molar-refractivity contribution in [2.75, 3.05) is 31.9 Å². The van der Waals surface area contributed by atoms with Gasteiger partial charge in [0.1, 0.15) is 5.75 Å². The summed E-state index contributed by atoms with van der Waals surface area (Å²) in [5, 5.41) is 2.83. The third kappa shape index (κ3) is 5.20. The second kappa shape index (κ2) is 9.17. The summed E-state index contributed by atoms with van der Waals surface area (Å²) in [6.07, 6.45) is 2.27. The number of anilines is 1. The van der Waals surface area contributed by atoms with Gasteiger partial charge in [0, 0.05) is 18.2 Å². The zero-order chi connectivity index (χ0) is 20.9. The number of amides is 1. The van der Waals surface area contributed by atoms with Crippen LogP contribution in [-0.2, 0) is 21.1 Å². The van der Waals surface area contributed by atoms with Crippen LogP contribution in [0.1, 0.15) is 24.8 Å². The van der Waals surface area contributed by atoms with Gasteiger partial charge in [0.2, 0.25) is 5.91 Å². The van der Waals surface area contributed by atoms with E-state index < -0.39 is 9.84 Å². The highest BCUT2D eigenvalue weighted by molar-refractivity contribution is 7.91. The molecule has 0 fully saturated rings. The molecule has 1 amide bonds. The lowest BCUT2D eigenvalue weighted by molar-refractivity contribution is -0.116. The van der Waals surface area contributed by atoms with E-state index in [4.69, 9.17) is 14.2 Å². The molecule has 1 N–H and O–H groups in total. The maximum atomic E-state index is 12.5. The number of carbonyl (C=O) groups excluding carboxylic acids is 1.